The minimum Gasteiger partial charge on any atom is -0.343 e. The van der Waals surface area contributed by atoms with E-state index in [2.05, 4.69) is 19.9 Å². The first-order valence-corrected chi connectivity index (χ1v) is 8.22. The largest absolute Gasteiger partial charge is 0.343 e. The van der Waals surface area contributed by atoms with Gasteiger partial charge in [-0.15, -0.1) is 10.2 Å². The topological polar surface area (TPSA) is 93.0 Å². The molecule has 0 spiro atoms. The van der Waals surface area contributed by atoms with Crippen LogP contribution in [0.25, 0.3) is 10.1 Å². The number of benzene rings is 1. The Hall–Kier alpha value is -2.81. The van der Waals surface area contributed by atoms with Gasteiger partial charge < -0.3 is 14.8 Å². The van der Waals surface area contributed by atoms with Crippen LogP contribution < -0.4 is 5.32 Å². The highest BCUT2D eigenvalue weighted by Gasteiger charge is 2.26. The van der Waals surface area contributed by atoms with Crippen molar-refractivity contribution < 1.29 is 9.59 Å². The van der Waals surface area contributed by atoms with E-state index < -0.39 is 0 Å². The second-order valence-electron chi connectivity index (χ2n) is 5.53. The molecule has 1 aromatic carbocycles. The summed E-state index contributed by atoms with van der Waals surface area (Å²) in [6.07, 6.45) is 0. The summed E-state index contributed by atoms with van der Waals surface area (Å²) < 4.78 is 6.95. The van der Waals surface area contributed by atoms with Gasteiger partial charge in [-0.05, 0) is 17.6 Å². The molecule has 2 amide bonds. The van der Waals surface area contributed by atoms with Crippen LogP contribution in [-0.4, -0.2) is 49.4 Å². The van der Waals surface area contributed by atoms with Crippen LogP contribution in [-0.2, 0) is 13.1 Å². The second-order valence-corrected chi connectivity index (χ2v) is 6.33. The Morgan fingerprint density at radius 3 is 3.00 bits per heavy atom. The maximum Gasteiger partial charge on any atom is 0.291 e. The summed E-state index contributed by atoms with van der Waals surface area (Å²) in [6.45, 7) is 1.42. The van der Waals surface area contributed by atoms with Crippen LogP contribution in [0.3, 0.4) is 0 Å². The Balaban J connectivity index is 1.53. The fraction of sp³-hybridized carbons (Fsp3) is 0.267. The minimum atomic E-state index is -0.260. The van der Waals surface area contributed by atoms with Crippen molar-refractivity contribution in [1.82, 2.24) is 29.4 Å². The first-order chi connectivity index (χ1) is 11.6. The average molecular weight is 342 g/mol. The van der Waals surface area contributed by atoms with Gasteiger partial charge in [-0.1, -0.05) is 18.2 Å². The first kappa shape index (κ1) is 14.8. The Morgan fingerprint density at radius 2 is 2.12 bits per heavy atom. The fourth-order valence-electron chi connectivity index (χ4n) is 2.67. The molecule has 0 saturated carbocycles. The third kappa shape index (κ3) is 2.33. The molecule has 0 atom stereocenters. The van der Waals surface area contributed by atoms with Crippen molar-refractivity contribution in [2.45, 2.75) is 13.1 Å². The summed E-state index contributed by atoms with van der Waals surface area (Å²) in [5.74, 6) is 0.465. The number of carbonyl (C=O) groups excluding carboxylic acids is 2. The van der Waals surface area contributed by atoms with Gasteiger partial charge in [-0.3, -0.25) is 9.59 Å². The van der Waals surface area contributed by atoms with E-state index in [0.717, 1.165) is 10.1 Å². The van der Waals surface area contributed by atoms with E-state index >= 15 is 0 Å². The average Bonchev–Trinajstić information content (AvgIpc) is 3.20. The Bertz CT molecular complexity index is 946. The number of fused-ring (bicyclic) bond motifs is 2. The molecule has 24 heavy (non-hydrogen) atoms. The minimum absolute atomic E-state index is 0.156. The quantitative estimate of drug-likeness (QED) is 0.763. The van der Waals surface area contributed by atoms with Crippen molar-refractivity contribution in [2.24, 2.45) is 0 Å². The Kier molecular flexibility index (Phi) is 3.49. The number of hydrogen-bond donors (Lipinski definition) is 1. The van der Waals surface area contributed by atoms with E-state index in [9.17, 15) is 9.59 Å². The normalized spacial score (nSPS) is 14.0. The lowest BCUT2D eigenvalue weighted by molar-refractivity contribution is 0.0740. The molecule has 2 aromatic heterocycles. The predicted octanol–water partition coefficient (Wildman–Crippen LogP) is 0.903. The van der Waals surface area contributed by atoms with E-state index in [-0.39, 0.29) is 18.4 Å². The van der Waals surface area contributed by atoms with Gasteiger partial charge in [0.25, 0.3) is 11.8 Å². The highest BCUT2D eigenvalue weighted by molar-refractivity contribution is 7.13. The highest BCUT2D eigenvalue weighted by atomic mass is 32.1. The number of carbonyl (C=O) groups is 2. The number of nitrogens with one attached hydrogen (secondary N) is 1. The number of aromatic nitrogens is 4. The van der Waals surface area contributed by atoms with Crippen LogP contribution in [0.4, 0.5) is 0 Å². The van der Waals surface area contributed by atoms with Gasteiger partial charge in [0, 0.05) is 25.5 Å². The maximum atomic E-state index is 12.4. The van der Waals surface area contributed by atoms with Crippen LogP contribution in [0.15, 0.2) is 24.3 Å². The molecule has 1 N–H and O–H groups in total. The summed E-state index contributed by atoms with van der Waals surface area (Å²) in [6, 6.07) is 7.60. The molecule has 0 radical (unpaired) electrons. The van der Waals surface area contributed by atoms with Crippen molar-refractivity contribution in [1.29, 1.82) is 0 Å². The smallest absolute Gasteiger partial charge is 0.291 e. The zero-order chi connectivity index (χ0) is 16.7. The van der Waals surface area contributed by atoms with Crippen LogP contribution in [0, 0.1) is 0 Å². The number of rotatable bonds is 3. The summed E-state index contributed by atoms with van der Waals surface area (Å²) in [5.41, 5.74) is 0.407. The monoisotopic (exact) mass is 342 g/mol. The lowest BCUT2D eigenvalue weighted by Crippen LogP contribution is -2.38. The van der Waals surface area contributed by atoms with Gasteiger partial charge in [0.05, 0.1) is 11.2 Å². The number of nitrogens with zero attached hydrogens (tertiary/aromatic N) is 5. The molecular weight excluding hydrogens is 328 g/mol. The summed E-state index contributed by atoms with van der Waals surface area (Å²) in [4.78, 5) is 26.0. The summed E-state index contributed by atoms with van der Waals surface area (Å²) >= 11 is 1.29. The van der Waals surface area contributed by atoms with Crippen LogP contribution in [0.5, 0.6) is 0 Å². The van der Waals surface area contributed by atoms with Gasteiger partial charge >= 0.3 is 0 Å². The van der Waals surface area contributed by atoms with Gasteiger partial charge in [-0.2, -0.15) is 4.37 Å². The van der Waals surface area contributed by atoms with E-state index in [4.69, 9.17) is 0 Å². The molecule has 0 aliphatic carbocycles. The Labute approximate surface area is 141 Å². The standard InChI is InChI=1S/C15H14N6O2S/c1-20-6-7-21-11(17-18-13(21)15(20)23)8-16-14(22)12-9-4-2-3-5-10(9)24-19-12/h2-5H,6-8H2,1H3,(H,16,22). The number of likely N-dealkylation sites (N-methyl/N-ethyl adjacent to an activating group) is 1. The van der Waals surface area contributed by atoms with Gasteiger partial charge in [0.1, 0.15) is 5.69 Å². The molecular formula is C15H14N6O2S. The SMILES string of the molecule is CN1CCn2c(CNC(=O)c3nsc4ccccc34)nnc2C1=O. The number of hydrogen-bond acceptors (Lipinski definition) is 6. The molecule has 9 heteroatoms. The van der Waals surface area contributed by atoms with Gasteiger partial charge in [-0.25, -0.2) is 0 Å². The summed E-state index contributed by atoms with van der Waals surface area (Å²) in [5, 5.41) is 11.6. The van der Waals surface area contributed by atoms with Crippen molar-refractivity contribution >= 4 is 33.4 Å². The predicted molar refractivity (Wildman–Crippen MR) is 87.8 cm³/mol. The molecule has 8 nitrogen and oxygen atoms in total. The van der Waals surface area contributed by atoms with Crippen LogP contribution >= 0.6 is 11.5 Å². The highest BCUT2D eigenvalue weighted by Crippen LogP contribution is 2.22. The van der Waals surface area contributed by atoms with E-state index in [0.29, 0.717) is 30.4 Å². The zero-order valence-electron chi connectivity index (χ0n) is 12.9. The molecule has 1 aliphatic rings. The molecule has 3 heterocycles. The summed E-state index contributed by atoms with van der Waals surface area (Å²) in [7, 11) is 1.73. The maximum absolute atomic E-state index is 12.4. The Morgan fingerprint density at radius 1 is 1.29 bits per heavy atom. The van der Waals surface area contributed by atoms with E-state index in [1.807, 2.05) is 24.3 Å². The molecule has 0 unspecified atom stereocenters. The van der Waals surface area contributed by atoms with E-state index in [1.165, 1.54) is 11.5 Å². The third-order valence-corrected chi connectivity index (χ3v) is 4.85. The lowest BCUT2D eigenvalue weighted by Gasteiger charge is -2.23. The van der Waals surface area contributed by atoms with Gasteiger partial charge in [0.15, 0.2) is 5.82 Å². The molecule has 3 aromatic rings. The molecule has 1 aliphatic heterocycles. The van der Waals surface area contributed by atoms with Gasteiger partial charge in [0.2, 0.25) is 5.82 Å². The van der Waals surface area contributed by atoms with E-state index in [1.54, 1.807) is 16.5 Å². The van der Waals surface area contributed by atoms with Crippen molar-refractivity contribution in [2.75, 3.05) is 13.6 Å². The van der Waals surface area contributed by atoms with Crippen LogP contribution in [0.1, 0.15) is 26.9 Å². The van der Waals surface area contributed by atoms with Crippen molar-refractivity contribution in [3.63, 3.8) is 0 Å². The molecule has 0 saturated heterocycles. The van der Waals surface area contributed by atoms with Crippen molar-refractivity contribution in [3.05, 3.63) is 41.6 Å². The molecule has 4 rings (SSSR count). The molecule has 0 fully saturated rings. The zero-order valence-corrected chi connectivity index (χ0v) is 13.7. The molecule has 0 bridgehead atoms. The first-order valence-electron chi connectivity index (χ1n) is 7.45. The number of amides is 2. The molecule has 122 valence electrons. The lowest BCUT2D eigenvalue weighted by atomic mass is 10.2. The fourth-order valence-corrected chi connectivity index (χ4v) is 3.45. The van der Waals surface area contributed by atoms with Crippen molar-refractivity contribution in [3.8, 4) is 0 Å². The third-order valence-electron chi connectivity index (χ3n) is 4.02. The second kappa shape index (κ2) is 5.68. The van der Waals surface area contributed by atoms with Crippen LogP contribution in [0.2, 0.25) is 0 Å².